The van der Waals surface area contributed by atoms with Gasteiger partial charge in [0.15, 0.2) is 5.76 Å². The number of benzene rings is 2. The van der Waals surface area contributed by atoms with E-state index in [1.165, 1.54) is 24.3 Å². The minimum atomic E-state index is -0.371. The van der Waals surface area contributed by atoms with Crippen molar-refractivity contribution in [3.63, 3.8) is 0 Å². The molecule has 0 fully saturated rings. The summed E-state index contributed by atoms with van der Waals surface area (Å²) in [5.74, 6) is -0.511. The first-order valence-electron chi connectivity index (χ1n) is 5.88. The van der Waals surface area contributed by atoms with Crippen LogP contribution >= 0.6 is 15.9 Å². The van der Waals surface area contributed by atoms with Gasteiger partial charge in [-0.15, -0.1) is 0 Å². The summed E-state index contributed by atoms with van der Waals surface area (Å²) in [5.41, 5.74) is 1.15. The third-order valence-corrected chi connectivity index (χ3v) is 3.30. The van der Waals surface area contributed by atoms with Crippen LogP contribution in [0.25, 0.3) is 11.0 Å². The van der Waals surface area contributed by atoms with E-state index in [1.54, 1.807) is 12.1 Å². The topological polar surface area (TPSA) is 42.2 Å². The number of carbonyl (C=O) groups is 1. The molecule has 0 spiro atoms. The molecule has 1 aromatic heterocycles. The van der Waals surface area contributed by atoms with Crippen molar-refractivity contribution in [2.45, 2.75) is 0 Å². The fraction of sp³-hybridized carbons (Fsp3) is 0. The molecule has 3 rings (SSSR count). The molecule has 0 aliphatic rings. The summed E-state index contributed by atoms with van der Waals surface area (Å²) in [4.78, 5) is 12.0. The molecule has 0 atom stereocenters. The number of furan rings is 1. The van der Waals surface area contributed by atoms with Crippen molar-refractivity contribution < 1.29 is 13.6 Å². The number of fused-ring (bicyclic) bond motifs is 1. The van der Waals surface area contributed by atoms with Gasteiger partial charge in [-0.2, -0.15) is 0 Å². The highest BCUT2D eigenvalue weighted by Gasteiger charge is 2.12. The molecule has 100 valence electrons. The predicted octanol–water partition coefficient (Wildman–Crippen LogP) is 4.59. The molecule has 5 heteroatoms. The van der Waals surface area contributed by atoms with E-state index in [4.69, 9.17) is 4.42 Å². The van der Waals surface area contributed by atoms with E-state index in [0.717, 1.165) is 9.86 Å². The maximum atomic E-state index is 12.8. The van der Waals surface area contributed by atoms with Crippen LogP contribution in [0.2, 0.25) is 0 Å². The molecule has 0 saturated heterocycles. The number of hydrogen-bond acceptors (Lipinski definition) is 2. The molecule has 0 saturated carbocycles. The normalized spacial score (nSPS) is 10.7. The molecule has 1 amide bonds. The van der Waals surface area contributed by atoms with Crippen LogP contribution in [-0.4, -0.2) is 5.91 Å². The Balaban J connectivity index is 1.86. The molecule has 20 heavy (non-hydrogen) atoms. The lowest BCUT2D eigenvalue weighted by molar-refractivity contribution is 0.0998. The first kappa shape index (κ1) is 12.9. The molecule has 3 aromatic rings. The largest absolute Gasteiger partial charge is 0.451 e. The van der Waals surface area contributed by atoms with Gasteiger partial charge in [-0.3, -0.25) is 4.79 Å². The summed E-state index contributed by atoms with van der Waals surface area (Å²) in [6.45, 7) is 0. The van der Waals surface area contributed by atoms with E-state index in [-0.39, 0.29) is 17.5 Å². The zero-order valence-corrected chi connectivity index (χ0v) is 11.8. The number of nitrogens with one attached hydrogen (secondary N) is 1. The molecule has 1 N–H and O–H groups in total. The molecule has 0 aliphatic heterocycles. The summed E-state index contributed by atoms with van der Waals surface area (Å²) < 4.78 is 19.2. The summed E-state index contributed by atoms with van der Waals surface area (Å²) in [7, 11) is 0. The van der Waals surface area contributed by atoms with Gasteiger partial charge in [-0.25, -0.2) is 4.39 Å². The fourth-order valence-electron chi connectivity index (χ4n) is 1.85. The van der Waals surface area contributed by atoms with Crippen molar-refractivity contribution in [2.75, 3.05) is 5.32 Å². The third kappa shape index (κ3) is 2.58. The van der Waals surface area contributed by atoms with Gasteiger partial charge in [0.05, 0.1) is 0 Å². The Hall–Kier alpha value is -2.14. The van der Waals surface area contributed by atoms with Crippen LogP contribution in [0.3, 0.4) is 0 Å². The van der Waals surface area contributed by atoms with Gasteiger partial charge in [0, 0.05) is 15.5 Å². The Morgan fingerprint density at radius 1 is 1.10 bits per heavy atom. The molecule has 0 bridgehead atoms. The van der Waals surface area contributed by atoms with E-state index in [9.17, 15) is 9.18 Å². The second-order valence-corrected chi connectivity index (χ2v) is 5.17. The quantitative estimate of drug-likeness (QED) is 0.745. The van der Waals surface area contributed by atoms with Crippen LogP contribution in [-0.2, 0) is 0 Å². The van der Waals surface area contributed by atoms with Crippen LogP contribution in [0.4, 0.5) is 10.1 Å². The Kier molecular flexibility index (Phi) is 3.28. The van der Waals surface area contributed by atoms with Gasteiger partial charge in [0.1, 0.15) is 11.4 Å². The zero-order valence-electron chi connectivity index (χ0n) is 10.2. The van der Waals surface area contributed by atoms with Crippen LogP contribution in [0.15, 0.2) is 57.4 Å². The van der Waals surface area contributed by atoms with Crippen molar-refractivity contribution >= 4 is 38.5 Å². The number of carbonyl (C=O) groups excluding carboxylic acids is 1. The highest BCUT2D eigenvalue weighted by atomic mass is 79.9. The Morgan fingerprint density at radius 2 is 1.85 bits per heavy atom. The zero-order chi connectivity index (χ0) is 14.1. The number of rotatable bonds is 2. The lowest BCUT2D eigenvalue weighted by Crippen LogP contribution is -2.10. The van der Waals surface area contributed by atoms with Gasteiger partial charge in [-0.05, 0) is 48.5 Å². The third-order valence-electron chi connectivity index (χ3n) is 2.80. The first-order valence-corrected chi connectivity index (χ1v) is 6.67. The summed E-state index contributed by atoms with van der Waals surface area (Å²) in [6, 6.07) is 12.7. The number of amides is 1. The summed E-state index contributed by atoms with van der Waals surface area (Å²) in [6.07, 6.45) is 0. The van der Waals surface area contributed by atoms with Crippen molar-refractivity contribution in [2.24, 2.45) is 0 Å². The van der Waals surface area contributed by atoms with Gasteiger partial charge in [0.2, 0.25) is 0 Å². The SMILES string of the molecule is O=C(Nc1ccc(F)cc1)c1cc2cc(Br)ccc2o1. The van der Waals surface area contributed by atoms with E-state index in [1.807, 2.05) is 12.1 Å². The van der Waals surface area contributed by atoms with Crippen LogP contribution in [0.1, 0.15) is 10.6 Å². The molecule has 1 heterocycles. The lowest BCUT2D eigenvalue weighted by Gasteiger charge is -2.02. The van der Waals surface area contributed by atoms with Gasteiger partial charge in [0.25, 0.3) is 5.91 Å². The number of hydrogen-bond donors (Lipinski definition) is 1. The Morgan fingerprint density at radius 3 is 2.60 bits per heavy atom. The smallest absolute Gasteiger partial charge is 0.291 e. The molecule has 0 aliphatic carbocycles. The van der Waals surface area contributed by atoms with Gasteiger partial charge >= 0.3 is 0 Å². The molecule has 2 aromatic carbocycles. The molecular formula is C15H9BrFNO2. The monoisotopic (exact) mass is 333 g/mol. The summed E-state index contributed by atoms with van der Waals surface area (Å²) >= 11 is 3.36. The maximum absolute atomic E-state index is 12.8. The fourth-order valence-corrected chi connectivity index (χ4v) is 2.23. The number of anilines is 1. The lowest BCUT2D eigenvalue weighted by atomic mass is 10.2. The van der Waals surface area contributed by atoms with Crippen molar-refractivity contribution in [3.8, 4) is 0 Å². The minimum absolute atomic E-state index is 0.211. The summed E-state index contributed by atoms with van der Waals surface area (Å²) in [5, 5.41) is 3.49. The maximum Gasteiger partial charge on any atom is 0.291 e. The van der Waals surface area contributed by atoms with Crippen LogP contribution < -0.4 is 5.32 Å². The molecule has 0 radical (unpaired) electrons. The van der Waals surface area contributed by atoms with Crippen LogP contribution in [0.5, 0.6) is 0 Å². The first-order chi connectivity index (χ1) is 9.61. The predicted molar refractivity (Wildman–Crippen MR) is 78.3 cm³/mol. The highest BCUT2D eigenvalue weighted by Crippen LogP contribution is 2.24. The van der Waals surface area contributed by atoms with E-state index < -0.39 is 0 Å². The minimum Gasteiger partial charge on any atom is -0.451 e. The average Bonchev–Trinajstić information content (AvgIpc) is 2.84. The Bertz CT molecular complexity index is 780. The van der Waals surface area contributed by atoms with Crippen LogP contribution in [0, 0.1) is 5.82 Å². The average molecular weight is 334 g/mol. The molecule has 0 unspecified atom stereocenters. The highest BCUT2D eigenvalue weighted by molar-refractivity contribution is 9.10. The van der Waals surface area contributed by atoms with E-state index in [2.05, 4.69) is 21.2 Å². The van der Waals surface area contributed by atoms with Crippen molar-refractivity contribution in [1.29, 1.82) is 0 Å². The number of halogens is 2. The molecular weight excluding hydrogens is 325 g/mol. The van der Waals surface area contributed by atoms with E-state index >= 15 is 0 Å². The standard InChI is InChI=1S/C15H9BrFNO2/c16-10-1-6-13-9(7-10)8-14(20-13)15(19)18-12-4-2-11(17)3-5-12/h1-8H,(H,18,19). The van der Waals surface area contributed by atoms with E-state index in [0.29, 0.717) is 11.3 Å². The van der Waals surface area contributed by atoms with Gasteiger partial charge < -0.3 is 9.73 Å². The second kappa shape index (κ2) is 5.09. The van der Waals surface area contributed by atoms with Crippen molar-refractivity contribution in [1.82, 2.24) is 0 Å². The van der Waals surface area contributed by atoms with Crippen molar-refractivity contribution in [3.05, 3.63) is 64.6 Å². The van der Waals surface area contributed by atoms with Gasteiger partial charge in [-0.1, -0.05) is 15.9 Å². The Labute approximate surface area is 122 Å². The molecule has 3 nitrogen and oxygen atoms in total. The second-order valence-electron chi connectivity index (χ2n) is 4.25.